The minimum atomic E-state index is -0.397. The topological polar surface area (TPSA) is 69.7 Å². The molecule has 2 aromatic carbocycles. The summed E-state index contributed by atoms with van der Waals surface area (Å²) in [7, 11) is 1.58. The number of nitrogens with zero attached hydrogens (tertiary/aromatic N) is 2. The maximum atomic E-state index is 13.2. The predicted octanol–water partition coefficient (Wildman–Crippen LogP) is 3.53. The molecule has 2 aromatic rings. The number of halogens is 1. The Morgan fingerprint density at radius 1 is 1.10 bits per heavy atom. The van der Waals surface area contributed by atoms with Crippen molar-refractivity contribution < 1.29 is 14.4 Å². The first-order valence-corrected chi connectivity index (χ1v) is 10.2. The summed E-state index contributed by atoms with van der Waals surface area (Å²) in [5.74, 6) is -1.07. The molecule has 1 N–H and O–H groups in total. The molecule has 0 unspecified atom stereocenters. The number of carbonyl (C=O) groups excluding carboxylic acids is 3. The van der Waals surface area contributed by atoms with E-state index in [1.54, 1.807) is 55.6 Å². The Labute approximate surface area is 181 Å². The van der Waals surface area contributed by atoms with E-state index >= 15 is 0 Å². The molecule has 0 saturated carbocycles. The number of hydrogen-bond acceptors (Lipinski definition) is 5. The van der Waals surface area contributed by atoms with Gasteiger partial charge in [0.2, 0.25) is 5.91 Å². The number of fused-ring (bicyclic) bond motifs is 1. The van der Waals surface area contributed by atoms with E-state index in [0.29, 0.717) is 26.3 Å². The normalized spacial score (nSPS) is 18.5. The second-order valence-corrected chi connectivity index (χ2v) is 8.48. The van der Waals surface area contributed by atoms with Gasteiger partial charge in [-0.1, -0.05) is 53.8 Å². The number of hydrogen-bond donors (Lipinski definition) is 1. The molecule has 0 bridgehead atoms. The molecule has 2 aliphatic heterocycles. The number of amides is 3. The third-order valence-electron chi connectivity index (χ3n) is 4.54. The first-order chi connectivity index (χ1) is 13.9. The van der Waals surface area contributed by atoms with Crippen molar-refractivity contribution in [2.45, 2.75) is 0 Å². The summed E-state index contributed by atoms with van der Waals surface area (Å²) >= 11 is 12.1. The van der Waals surface area contributed by atoms with Gasteiger partial charge in [0, 0.05) is 23.3 Å². The molecule has 3 amide bonds. The van der Waals surface area contributed by atoms with Gasteiger partial charge in [-0.15, -0.1) is 0 Å². The Kier molecular flexibility index (Phi) is 5.16. The van der Waals surface area contributed by atoms with Crippen LogP contribution in [0.1, 0.15) is 5.56 Å². The van der Waals surface area contributed by atoms with Crippen molar-refractivity contribution in [3.05, 3.63) is 64.0 Å². The van der Waals surface area contributed by atoms with Gasteiger partial charge in [0.25, 0.3) is 11.8 Å². The Balaban J connectivity index is 1.65. The molecule has 0 radical (unpaired) electrons. The lowest BCUT2D eigenvalue weighted by molar-refractivity contribution is -0.121. The van der Waals surface area contributed by atoms with Crippen molar-refractivity contribution in [1.29, 1.82) is 0 Å². The number of rotatable bonds is 3. The lowest BCUT2D eigenvalue weighted by atomic mass is 10.1. The van der Waals surface area contributed by atoms with Gasteiger partial charge in [-0.3, -0.25) is 24.2 Å². The van der Waals surface area contributed by atoms with E-state index in [1.165, 1.54) is 9.80 Å². The van der Waals surface area contributed by atoms with Gasteiger partial charge < -0.3 is 5.32 Å². The van der Waals surface area contributed by atoms with Gasteiger partial charge in [-0.05, 0) is 30.3 Å². The molecule has 2 aliphatic rings. The third-order valence-corrected chi connectivity index (χ3v) is 6.35. The summed E-state index contributed by atoms with van der Waals surface area (Å²) in [6, 6.07) is 13.8. The number of carbonyl (C=O) groups is 3. The van der Waals surface area contributed by atoms with E-state index in [0.717, 1.165) is 11.8 Å². The summed E-state index contributed by atoms with van der Waals surface area (Å²) in [4.78, 5) is 41.3. The SMILES string of the molecule is CN1C(=O)/C(=C2\C(=O)N(CC(=O)Nc3ccc(Cl)cc3)c3ccccc32)SC1=S. The van der Waals surface area contributed by atoms with E-state index in [4.69, 9.17) is 23.8 Å². The van der Waals surface area contributed by atoms with Gasteiger partial charge in [0.1, 0.15) is 10.9 Å². The highest BCUT2D eigenvalue weighted by Crippen LogP contribution is 2.44. The Hall–Kier alpha value is -2.68. The zero-order chi connectivity index (χ0) is 20.7. The molecule has 0 aromatic heterocycles. The number of nitrogens with one attached hydrogen (secondary N) is 1. The molecular formula is C20H14ClN3O3S2. The molecule has 146 valence electrons. The van der Waals surface area contributed by atoms with Crippen LogP contribution in [0, 0.1) is 0 Å². The first kappa shape index (κ1) is 19.6. The highest BCUT2D eigenvalue weighted by molar-refractivity contribution is 8.26. The number of benzene rings is 2. The van der Waals surface area contributed by atoms with Crippen LogP contribution in [0.4, 0.5) is 11.4 Å². The smallest absolute Gasteiger partial charge is 0.266 e. The molecular weight excluding hydrogens is 430 g/mol. The molecule has 2 heterocycles. The molecule has 0 atom stereocenters. The second kappa shape index (κ2) is 7.62. The van der Waals surface area contributed by atoms with Crippen LogP contribution < -0.4 is 10.2 Å². The van der Waals surface area contributed by atoms with Crippen LogP contribution in [-0.4, -0.2) is 40.5 Å². The summed E-state index contributed by atoms with van der Waals surface area (Å²) < 4.78 is 0.390. The van der Waals surface area contributed by atoms with Gasteiger partial charge in [-0.25, -0.2) is 0 Å². The minimum absolute atomic E-state index is 0.186. The van der Waals surface area contributed by atoms with Gasteiger partial charge >= 0.3 is 0 Å². The van der Waals surface area contributed by atoms with Crippen LogP contribution in [-0.2, 0) is 14.4 Å². The number of para-hydroxylation sites is 1. The van der Waals surface area contributed by atoms with Crippen LogP contribution in [0.2, 0.25) is 5.02 Å². The molecule has 6 nitrogen and oxygen atoms in total. The third kappa shape index (κ3) is 3.55. The van der Waals surface area contributed by atoms with Gasteiger partial charge in [0.15, 0.2) is 0 Å². The van der Waals surface area contributed by atoms with Crippen LogP contribution in [0.5, 0.6) is 0 Å². The average Bonchev–Trinajstić information content (AvgIpc) is 3.11. The first-order valence-electron chi connectivity index (χ1n) is 8.57. The van der Waals surface area contributed by atoms with Crippen LogP contribution >= 0.6 is 35.6 Å². The summed E-state index contributed by atoms with van der Waals surface area (Å²) in [6.45, 7) is -0.186. The highest BCUT2D eigenvalue weighted by atomic mass is 35.5. The number of anilines is 2. The van der Waals surface area contributed by atoms with Gasteiger partial charge in [0.05, 0.1) is 16.2 Å². The zero-order valence-corrected chi connectivity index (χ0v) is 17.5. The van der Waals surface area contributed by atoms with Crippen LogP contribution in [0.3, 0.4) is 0 Å². The quantitative estimate of drug-likeness (QED) is 0.580. The number of thioether (sulfide) groups is 1. The molecule has 1 fully saturated rings. The fourth-order valence-electron chi connectivity index (χ4n) is 3.13. The fraction of sp³-hybridized carbons (Fsp3) is 0.100. The molecule has 1 saturated heterocycles. The molecule has 9 heteroatoms. The van der Waals surface area contributed by atoms with Crippen molar-refractivity contribution in [2.75, 3.05) is 23.8 Å². The lowest BCUT2D eigenvalue weighted by Gasteiger charge is -2.16. The maximum absolute atomic E-state index is 13.2. The van der Waals surface area contributed by atoms with Crippen LogP contribution in [0.15, 0.2) is 53.4 Å². The maximum Gasteiger partial charge on any atom is 0.266 e. The average molecular weight is 444 g/mol. The molecule has 4 rings (SSSR count). The number of likely N-dealkylation sites (N-methyl/N-ethyl adjacent to an activating group) is 1. The van der Waals surface area contributed by atoms with E-state index in [-0.39, 0.29) is 28.8 Å². The van der Waals surface area contributed by atoms with Crippen molar-refractivity contribution in [1.82, 2.24) is 4.90 Å². The molecule has 0 spiro atoms. The van der Waals surface area contributed by atoms with Crippen LogP contribution in [0.25, 0.3) is 5.57 Å². The van der Waals surface area contributed by atoms with Crippen molar-refractivity contribution in [3.63, 3.8) is 0 Å². The summed E-state index contributed by atoms with van der Waals surface area (Å²) in [6.07, 6.45) is 0. The lowest BCUT2D eigenvalue weighted by Crippen LogP contribution is -2.35. The standard InChI is InChI=1S/C20H14ClN3O3S2/c1-23-19(27)17(29-20(23)28)16-13-4-2-3-5-14(13)24(18(16)26)10-15(25)22-12-8-6-11(21)7-9-12/h2-9H,10H2,1H3,(H,22,25)/b17-16+. The van der Waals surface area contributed by atoms with E-state index in [1.807, 2.05) is 0 Å². The Bertz CT molecular complexity index is 1100. The second-order valence-electron chi connectivity index (χ2n) is 6.40. The van der Waals surface area contributed by atoms with E-state index in [9.17, 15) is 14.4 Å². The predicted molar refractivity (Wildman–Crippen MR) is 119 cm³/mol. The van der Waals surface area contributed by atoms with E-state index < -0.39 is 5.91 Å². The minimum Gasteiger partial charge on any atom is -0.325 e. The molecule has 29 heavy (non-hydrogen) atoms. The summed E-state index contributed by atoms with van der Waals surface area (Å²) in [5.41, 5.74) is 2.05. The van der Waals surface area contributed by atoms with Crippen molar-refractivity contribution in [3.8, 4) is 0 Å². The Morgan fingerprint density at radius 2 is 1.79 bits per heavy atom. The summed E-state index contributed by atoms with van der Waals surface area (Å²) in [5, 5.41) is 3.31. The monoisotopic (exact) mass is 443 g/mol. The van der Waals surface area contributed by atoms with Gasteiger partial charge in [-0.2, -0.15) is 0 Å². The van der Waals surface area contributed by atoms with Crippen molar-refractivity contribution >= 4 is 74.6 Å². The van der Waals surface area contributed by atoms with Crippen molar-refractivity contribution in [2.24, 2.45) is 0 Å². The Morgan fingerprint density at radius 3 is 2.45 bits per heavy atom. The fourth-order valence-corrected chi connectivity index (χ4v) is 4.50. The zero-order valence-electron chi connectivity index (χ0n) is 15.1. The molecule has 0 aliphatic carbocycles. The largest absolute Gasteiger partial charge is 0.325 e. The van der Waals surface area contributed by atoms with E-state index in [2.05, 4.69) is 5.32 Å². The highest BCUT2D eigenvalue weighted by Gasteiger charge is 2.41. The number of thiocarbonyl (C=S) groups is 1.